The maximum absolute atomic E-state index is 11.5. The number of hydrogen-bond donors (Lipinski definition) is 1. The second-order valence-electron chi connectivity index (χ2n) is 5.82. The van der Waals surface area contributed by atoms with Crippen molar-refractivity contribution in [2.75, 3.05) is 19.6 Å². The molecular formula is C15H26N4O. The minimum absolute atomic E-state index is 0.318. The molecule has 112 valence electrons. The summed E-state index contributed by atoms with van der Waals surface area (Å²) in [4.78, 5) is 13.5. The van der Waals surface area contributed by atoms with E-state index in [0.717, 1.165) is 38.9 Å². The molecule has 0 aromatic carbocycles. The lowest BCUT2D eigenvalue weighted by molar-refractivity contribution is -0.127. The van der Waals surface area contributed by atoms with Crippen LogP contribution >= 0.6 is 0 Å². The quantitative estimate of drug-likeness (QED) is 0.773. The minimum Gasteiger partial charge on any atom is -0.343 e. The number of hydrogen-bond acceptors (Lipinski definition) is 3. The number of aromatic nitrogens is 2. The Kier molecular flexibility index (Phi) is 5.17. The van der Waals surface area contributed by atoms with E-state index in [2.05, 4.69) is 37.4 Å². The van der Waals surface area contributed by atoms with Gasteiger partial charge in [-0.2, -0.15) is 5.10 Å². The van der Waals surface area contributed by atoms with Gasteiger partial charge in [-0.1, -0.05) is 0 Å². The average Bonchev–Trinajstić information content (AvgIpc) is 3.03. The van der Waals surface area contributed by atoms with Crippen molar-refractivity contribution in [3.8, 4) is 0 Å². The Hall–Kier alpha value is -1.36. The van der Waals surface area contributed by atoms with Gasteiger partial charge in [0.2, 0.25) is 5.91 Å². The molecular weight excluding hydrogens is 252 g/mol. The van der Waals surface area contributed by atoms with Crippen LogP contribution in [-0.2, 0) is 4.79 Å². The van der Waals surface area contributed by atoms with Gasteiger partial charge in [0.25, 0.3) is 0 Å². The van der Waals surface area contributed by atoms with Crippen LogP contribution in [0.25, 0.3) is 0 Å². The van der Waals surface area contributed by atoms with Crippen LogP contribution in [0.1, 0.15) is 44.7 Å². The third-order valence-electron chi connectivity index (χ3n) is 4.11. The van der Waals surface area contributed by atoms with E-state index >= 15 is 0 Å². The summed E-state index contributed by atoms with van der Waals surface area (Å²) < 4.78 is 2.01. The summed E-state index contributed by atoms with van der Waals surface area (Å²) in [6, 6.07) is 0.695. The van der Waals surface area contributed by atoms with Crippen molar-refractivity contribution in [1.29, 1.82) is 0 Å². The highest BCUT2D eigenvalue weighted by Crippen LogP contribution is 2.11. The van der Waals surface area contributed by atoms with Crippen LogP contribution in [-0.4, -0.2) is 46.3 Å². The Morgan fingerprint density at radius 3 is 2.85 bits per heavy atom. The molecule has 5 nitrogen and oxygen atoms in total. The maximum atomic E-state index is 11.5. The number of carbonyl (C=O) groups excluding carboxylic acids is 1. The summed E-state index contributed by atoms with van der Waals surface area (Å²) >= 11 is 0. The van der Waals surface area contributed by atoms with Crippen LogP contribution in [0.5, 0.6) is 0 Å². The Labute approximate surface area is 121 Å². The maximum Gasteiger partial charge on any atom is 0.222 e. The van der Waals surface area contributed by atoms with Gasteiger partial charge in [-0.15, -0.1) is 0 Å². The lowest BCUT2D eigenvalue weighted by Crippen LogP contribution is -2.36. The first-order valence-electron chi connectivity index (χ1n) is 7.60. The molecule has 0 radical (unpaired) electrons. The molecule has 0 bridgehead atoms. The predicted octanol–water partition coefficient (Wildman–Crippen LogP) is 1.74. The van der Waals surface area contributed by atoms with Crippen molar-refractivity contribution in [3.05, 3.63) is 18.0 Å². The largest absolute Gasteiger partial charge is 0.343 e. The molecule has 0 unspecified atom stereocenters. The fraction of sp³-hybridized carbons (Fsp3) is 0.733. The van der Waals surface area contributed by atoms with Gasteiger partial charge >= 0.3 is 0 Å². The third-order valence-corrected chi connectivity index (χ3v) is 4.11. The number of aryl methyl sites for hydroxylation is 1. The summed E-state index contributed by atoms with van der Waals surface area (Å²) in [7, 11) is 0. The minimum atomic E-state index is 0.318. The normalized spacial score (nSPS) is 18.6. The fourth-order valence-electron chi connectivity index (χ4n) is 2.60. The van der Waals surface area contributed by atoms with Gasteiger partial charge in [0.1, 0.15) is 0 Å². The van der Waals surface area contributed by atoms with Gasteiger partial charge in [0, 0.05) is 31.7 Å². The number of carbonyl (C=O) groups is 1. The number of rotatable bonds is 7. The third kappa shape index (κ3) is 3.82. The van der Waals surface area contributed by atoms with Crippen LogP contribution in [0, 0.1) is 6.92 Å². The summed E-state index contributed by atoms with van der Waals surface area (Å²) in [5.74, 6) is 0.318. The van der Waals surface area contributed by atoms with Crippen LogP contribution in [0.15, 0.2) is 12.4 Å². The van der Waals surface area contributed by atoms with Gasteiger partial charge in [-0.3, -0.25) is 9.48 Å². The van der Waals surface area contributed by atoms with Crippen molar-refractivity contribution in [1.82, 2.24) is 20.0 Å². The molecule has 0 spiro atoms. The molecule has 1 amide bonds. The number of amides is 1. The second-order valence-corrected chi connectivity index (χ2v) is 5.82. The lowest BCUT2D eigenvalue weighted by atomic mass is 10.1. The predicted molar refractivity (Wildman–Crippen MR) is 79.6 cm³/mol. The summed E-state index contributed by atoms with van der Waals surface area (Å²) in [5.41, 5.74) is 1.19. The number of nitrogens with one attached hydrogen (secondary N) is 1. The molecule has 2 rings (SSSR count). The van der Waals surface area contributed by atoms with Crippen LogP contribution in [0.2, 0.25) is 0 Å². The Morgan fingerprint density at radius 1 is 1.45 bits per heavy atom. The standard InChI is InChI=1S/C15H26N4O/c1-12-10-17-19(11-12)14(3)13(2)16-7-5-9-18-8-4-6-15(18)20/h10-11,13-14,16H,4-9H2,1-3H3/t13-,14-/m0/s1. The molecule has 0 aliphatic carbocycles. The van der Waals surface area contributed by atoms with E-state index < -0.39 is 0 Å². The topological polar surface area (TPSA) is 50.2 Å². The van der Waals surface area contributed by atoms with Crippen molar-refractivity contribution in [3.63, 3.8) is 0 Å². The Morgan fingerprint density at radius 2 is 2.25 bits per heavy atom. The molecule has 20 heavy (non-hydrogen) atoms. The van der Waals surface area contributed by atoms with Crippen LogP contribution < -0.4 is 5.32 Å². The highest BCUT2D eigenvalue weighted by Gasteiger charge is 2.19. The van der Waals surface area contributed by atoms with E-state index in [1.807, 2.05) is 15.8 Å². The monoisotopic (exact) mass is 278 g/mol. The summed E-state index contributed by atoms with van der Waals surface area (Å²) in [5, 5.41) is 7.89. The molecule has 5 heteroatoms. The average molecular weight is 278 g/mol. The van der Waals surface area contributed by atoms with Crippen molar-refractivity contribution < 1.29 is 4.79 Å². The van der Waals surface area contributed by atoms with E-state index in [4.69, 9.17) is 0 Å². The zero-order valence-electron chi connectivity index (χ0n) is 12.8. The zero-order valence-corrected chi connectivity index (χ0v) is 12.8. The van der Waals surface area contributed by atoms with E-state index in [1.165, 1.54) is 5.56 Å². The van der Waals surface area contributed by atoms with E-state index in [-0.39, 0.29) is 0 Å². The van der Waals surface area contributed by atoms with Gasteiger partial charge in [0.15, 0.2) is 0 Å². The molecule has 2 heterocycles. The van der Waals surface area contributed by atoms with Crippen LogP contribution in [0.4, 0.5) is 0 Å². The Bertz CT molecular complexity index is 443. The van der Waals surface area contributed by atoms with Crippen LogP contribution in [0.3, 0.4) is 0 Å². The van der Waals surface area contributed by atoms with E-state index in [0.29, 0.717) is 18.0 Å². The molecule has 1 N–H and O–H groups in total. The molecule has 1 aliphatic rings. The fourth-order valence-corrected chi connectivity index (χ4v) is 2.60. The van der Waals surface area contributed by atoms with Crippen molar-refractivity contribution >= 4 is 5.91 Å². The van der Waals surface area contributed by atoms with Gasteiger partial charge in [-0.05, 0) is 45.7 Å². The molecule has 0 saturated carbocycles. The molecule has 1 aromatic heterocycles. The second kappa shape index (κ2) is 6.88. The van der Waals surface area contributed by atoms with E-state index in [9.17, 15) is 4.79 Å². The Balaban J connectivity index is 1.67. The lowest BCUT2D eigenvalue weighted by Gasteiger charge is -2.22. The first-order valence-corrected chi connectivity index (χ1v) is 7.60. The summed E-state index contributed by atoms with van der Waals surface area (Å²) in [6.45, 7) is 9.18. The smallest absolute Gasteiger partial charge is 0.222 e. The van der Waals surface area contributed by atoms with Crippen molar-refractivity contribution in [2.24, 2.45) is 0 Å². The number of nitrogens with zero attached hydrogens (tertiary/aromatic N) is 3. The first-order chi connectivity index (χ1) is 9.58. The molecule has 1 aliphatic heterocycles. The highest BCUT2D eigenvalue weighted by molar-refractivity contribution is 5.77. The van der Waals surface area contributed by atoms with Gasteiger partial charge in [-0.25, -0.2) is 0 Å². The molecule has 1 aromatic rings. The first kappa shape index (κ1) is 15.0. The number of likely N-dealkylation sites (tertiary alicyclic amines) is 1. The molecule has 1 saturated heterocycles. The molecule has 2 atom stereocenters. The van der Waals surface area contributed by atoms with Gasteiger partial charge < -0.3 is 10.2 Å². The van der Waals surface area contributed by atoms with E-state index in [1.54, 1.807) is 0 Å². The van der Waals surface area contributed by atoms with Crippen molar-refractivity contribution in [2.45, 2.75) is 52.1 Å². The highest BCUT2D eigenvalue weighted by atomic mass is 16.2. The SMILES string of the molecule is Cc1cnn([C@@H](C)[C@H](C)NCCCN2CCCC2=O)c1. The molecule has 1 fully saturated rings. The van der Waals surface area contributed by atoms with Gasteiger partial charge in [0.05, 0.1) is 12.2 Å². The zero-order chi connectivity index (χ0) is 14.5. The summed E-state index contributed by atoms with van der Waals surface area (Å²) in [6.07, 6.45) is 6.74.